The maximum atomic E-state index is 5.73. The Labute approximate surface area is 126 Å². The highest BCUT2D eigenvalue weighted by Gasteiger charge is 2.22. The first-order valence-electron chi connectivity index (χ1n) is 7.47. The molecule has 1 unspecified atom stereocenters. The molecule has 2 heterocycles. The highest BCUT2D eigenvalue weighted by Crippen LogP contribution is 2.28. The molecule has 1 N–H and O–H groups in total. The smallest absolute Gasteiger partial charge is 0.185 e. The van der Waals surface area contributed by atoms with Gasteiger partial charge in [-0.15, -0.1) is 11.3 Å². The van der Waals surface area contributed by atoms with Gasteiger partial charge in [0.25, 0.3) is 0 Å². The summed E-state index contributed by atoms with van der Waals surface area (Å²) in [5.74, 6) is 0. The van der Waals surface area contributed by atoms with Crippen LogP contribution in [-0.4, -0.2) is 36.3 Å². The highest BCUT2D eigenvalue weighted by molar-refractivity contribution is 7.15. The number of thiazole rings is 1. The van der Waals surface area contributed by atoms with E-state index in [9.17, 15) is 0 Å². The van der Waals surface area contributed by atoms with E-state index in [2.05, 4.69) is 44.8 Å². The molecule has 1 aromatic rings. The van der Waals surface area contributed by atoms with Crippen LogP contribution >= 0.6 is 11.3 Å². The third-order valence-corrected chi connectivity index (χ3v) is 4.74. The Bertz CT molecular complexity index is 439. The minimum atomic E-state index is 0.142. The summed E-state index contributed by atoms with van der Waals surface area (Å²) >= 11 is 1.82. The zero-order valence-corrected chi connectivity index (χ0v) is 14.1. The van der Waals surface area contributed by atoms with Crippen LogP contribution in [0.15, 0.2) is 0 Å². The van der Waals surface area contributed by atoms with Crippen LogP contribution in [0.25, 0.3) is 0 Å². The third kappa shape index (κ3) is 4.17. The summed E-state index contributed by atoms with van der Waals surface area (Å²) in [7, 11) is 0. The van der Waals surface area contributed by atoms with Gasteiger partial charge in [0.1, 0.15) is 0 Å². The molecule has 0 bridgehead atoms. The SMILES string of the molecule is CCC1CN(c2nc(C)c(CNC(C)(C)C)s2)CCO1. The molecule has 1 fully saturated rings. The number of hydrogen-bond donors (Lipinski definition) is 1. The number of nitrogens with zero attached hydrogens (tertiary/aromatic N) is 2. The largest absolute Gasteiger partial charge is 0.375 e. The summed E-state index contributed by atoms with van der Waals surface area (Å²) < 4.78 is 5.73. The van der Waals surface area contributed by atoms with E-state index in [0.717, 1.165) is 43.5 Å². The van der Waals surface area contributed by atoms with Crippen LogP contribution in [0.4, 0.5) is 5.13 Å². The average molecular weight is 297 g/mol. The summed E-state index contributed by atoms with van der Waals surface area (Å²) in [6, 6.07) is 0. The summed E-state index contributed by atoms with van der Waals surface area (Å²) in [5.41, 5.74) is 1.30. The Morgan fingerprint density at radius 3 is 2.85 bits per heavy atom. The van der Waals surface area contributed by atoms with Gasteiger partial charge in [-0.25, -0.2) is 4.98 Å². The summed E-state index contributed by atoms with van der Waals surface area (Å²) in [6.07, 6.45) is 1.42. The average Bonchev–Trinajstić information content (AvgIpc) is 2.77. The number of rotatable bonds is 4. The molecule has 0 radical (unpaired) electrons. The first-order chi connectivity index (χ1) is 9.39. The predicted octanol–water partition coefficient (Wildman–Crippen LogP) is 2.95. The van der Waals surface area contributed by atoms with E-state index in [4.69, 9.17) is 9.72 Å². The molecule has 0 spiro atoms. The van der Waals surface area contributed by atoms with Gasteiger partial charge in [-0.1, -0.05) is 6.92 Å². The van der Waals surface area contributed by atoms with Crippen molar-refractivity contribution in [3.8, 4) is 0 Å². The number of aromatic nitrogens is 1. The van der Waals surface area contributed by atoms with Crippen molar-refractivity contribution < 1.29 is 4.74 Å². The number of anilines is 1. The Morgan fingerprint density at radius 2 is 2.20 bits per heavy atom. The lowest BCUT2D eigenvalue weighted by molar-refractivity contribution is 0.0384. The fourth-order valence-electron chi connectivity index (χ4n) is 2.20. The zero-order valence-electron chi connectivity index (χ0n) is 13.3. The molecule has 4 nitrogen and oxygen atoms in total. The molecule has 0 saturated carbocycles. The van der Waals surface area contributed by atoms with E-state index in [0.29, 0.717) is 6.10 Å². The molecular weight excluding hydrogens is 270 g/mol. The van der Waals surface area contributed by atoms with Crippen LogP contribution in [0, 0.1) is 6.92 Å². The predicted molar refractivity (Wildman–Crippen MR) is 85.7 cm³/mol. The topological polar surface area (TPSA) is 37.4 Å². The number of ether oxygens (including phenoxy) is 1. The molecule has 1 aliphatic heterocycles. The molecule has 1 aromatic heterocycles. The van der Waals surface area contributed by atoms with E-state index >= 15 is 0 Å². The van der Waals surface area contributed by atoms with Crippen molar-refractivity contribution in [3.05, 3.63) is 10.6 Å². The van der Waals surface area contributed by atoms with Crippen molar-refractivity contribution in [1.82, 2.24) is 10.3 Å². The van der Waals surface area contributed by atoms with Crippen LogP contribution in [0.2, 0.25) is 0 Å². The fourth-order valence-corrected chi connectivity index (χ4v) is 3.23. The van der Waals surface area contributed by atoms with Crippen molar-refractivity contribution in [2.75, 3.05) is 24.6 Å². The quantitative estimate of drug-likeness (QED) is 0.927. The lowest BCUT2D eigenvalue weighted by Crippen LogP contribution is -2.42. The second kappa shape index (κ2) is 6.41. The fraction of sp³-hybridized carbons (Fsp3) is 0.800. The lowest BCUT2D eigenvalue weighted by Gasteiger charge is -2.32. The maximum absolute atomic E-state index is 5.73. The Morgan fingerprint density at radius 1 is 1.45 bits per heavy atom. The molecule has 2 rings (SSSR count). The summed E-state index contributed by atoms with van der Waals surface area (Å²) in [4.78, 5) is 8.47. The third-order valence-electron chi connectivity index (χ3n) is 3.53. The van der Waals surface area contributed by atoms with Crippen LogP contribution < -0.4 is 10.2 Å². The van der Waals surface area contributed by atoms with Crippen molar-refractivity contribution >= 4 is 16.5 Å². The van der Waals surface area contributed by atoms with E-state index < -0.39 is 0 Å². The monoisotopic (exact) mass is 297 g/mol. The molecule has 114 valence electrons. The Kier molecular flexibility index (Phi) is 5.04. The summed E-state index contributed by atoms with van der Waals surface area (Å²) in [6.45, 7) is 14.5. The van der Waals surface area contributed by atoms with Gasteiger partial charge in [0.05, 0.1) is 18.4 Å². The van der Waals surface area contributed by atoms with E-state index in [1.54, 1.807) is 0 Å². The van der Waals surface area contributed by atoms with Gasteiger partial charge in [0.15, 0.2) is 5.13 Å². The van der Waals surface area contributed by atoms with Crippen LogP contribution in [0.1, 0.15) is 44.7 Å². The van der Waals surface area contributed by atoms with Gasteiger partial charge in [0, 0.05) is 30.1 Å². The first-order valence-corrected chi connectivity index (χ1v) is 8.28. The molecular formula is C15H27N3OS. The minimum absolute atomic E-state index is 0.142. The Hall–Kier alpha value is -0.650. The standard InChI is InChI=1S/C15H27N3OS/c1-6-12-10-18(7-8-19-12)14-17-11(2)13(20-14)9-16-15(3,4)5/h12,16H,6-10H2,1-5H3. The normalized spacial score (nSPS) is 20.4. The van der Waals surface area contributed by atoms with Gasteiger partial charge in [-0.05, 0) is 34.1 Å². The molecule has 20 heavy (non-hydrogen) atoms. The van der Waals surface area contributed by atoms with E-state index in [1.165, 1.54) is 4.88 Å². The van der Waals surface area contributed by atoms with Crippen LogP contribution in [0.5, 0.6) is 0 Å². The zero-order chi connectivity index (χ0) is 14.8. The molecule has 1 atom stereocenters. The molecule has 5 heteroatoms. The van der Waals surface area contributed by atoms with Gasteiger partial charge >= 0.3 is 0 Å². The van der Waals surface area contributed by atoms with Crippen molar-refractivity contribution in [2.45, 2.75) is 59.2 Å². The number of nitrogens with one attached hydrogen (secondary N) is 1. The highest BCUT2D eigenvalue weighted by atomic mass is 32.1. The number of hydrogen-bond acceptors (Lipinski definition) is 5. The van der Waals surface area contributed by atoms with Crippen molar-refractivity contribution in [1.29, 1.82) is 0 Å². The van der Waals surface area contributed by atoms with Crippen molar-refractivity contribution in [3.63, 3.8) is 0 Å². The lowest BCUT2D eigenvalue weighted by atomic mass is 10.1. The van der Waals surface area contributed by atoms with Crippen LogP contribution in [0.3, 0.4) is 0 Å². The van der Waals surface area contributed by atoms with Gasteiger partial charge in [-0.2, -0.15) is 0 Å². The first kappa shape index (κ1) is 15.7. The van der Waals surface area contributed by atoms with Gasteiger partial charge in [-0.3, -0.25) is 0 Å². The van der Waals surface area contributed by atoms with E-state index in [1.807, 2.05) is 11.3 Å². The van der Waals surface area contributed by atoms with Crippen molar-refractivity contribution in [2.24, 2.45) is 0 Å². The maximum Gasteiger partial charge on any atom is 0.185 e. The molecule has 1 aliphatic rings. The van der Waals surface area contributed by atoms with Crippen LogP contribution in [-0.2, 0) is 11.3 Å². The molecule has 0 aromatic carbocycles. The van der Waals surface area contributed by atoms with E-state index in [-0.39, 0.29) is 5.54 Å². The number of morpholine rings is 1. The number of aryl methyl sites for hydroxylation is 1. The molecule has 1 saturated heterocycles. The molecule has 0 amide bonds. The second-order valence-corrected chi connectivity index (χ2v) is 7.52. The van der Waals surface area contributed by atoms with Gasteiger partial charge in [0.2, 0.25) is 0 Å². The minimum Gasteiger partial charge on any atom is -0.375 e. The second-order valence-electron chi connectivity index (χ2n) is 6.46. The van der Waals surface area contributed by atoms with Gasteiger partial charge < -0.3 is 15.0 Å². The Balaban J connectivity index is 2.03. The molecule has 0 aliphatic carbocycles. The summed E-state index contributed by atoms with van der Waals surface area (Å²) in [5, 5.41) is 4.69.